The summed E-state index contributed by atoms with van der Waals surface area (Å²) in [7, 11) is 1.41. The fraction of sp³-hybridized carbons (Fsp3) is 0.520. The zero-order valence-electron chi connectivity index (χ0n) is 19.4. The number of aromatic nitrogens is 1. The lowest BCUT2D eigenvalue weighted by Crippen LogP contribution is -2.33. The van der Waals surface area contributed by atoms with Gasteiger partial charge in [0.05, 0.1) is 19.4 Å². The summed E-state index contributed by atoms with van der Waals surface area (Å²) in [5, 5.41) is 9.57. The third-order valence-electron chi connectivity index (χ3n) is 6.07. The molecule has 0 spiro atoms. The SMILES string of the molecule is COc1c2n(cc(C(=O)O)c1=O)C(C(C)(C)C)Cc1cc(OCCCCCCN)ccc1-2. The second-order valence-corrected chi connectivity index (χ2v) is 9.42. The lowest BCUT2D eigenvalue weighted by molar-refractivity contribution is 0.0693. The number of rotatable bonds is 9. The van der Waals surface area contributed by atoms with Crippen LogP contribution in [0.25, 0.3) is 11.3 Å². The van der Waals surface area contributed by atoms with E-state index < -0.39 is 11.4 Å². The van der Waals surface area contributed by atoms with Gasteiger partial charge in [-0.1, -0.05) is 33.6 Å². The van der Waals surface area contributed by atoms with E-state index in [1.54, 1.807) is 0 Å². The number of hydrogen-bond acceptors (Lipinski definition) is 5. The highest BCUT2D eigenvalue weighted by Gasteiger charge is 2.36. The molecule has 2 heterocycles. The van der Waals surface area contributed by atoms with Crippen LogP contribution in [0, 0.1) is 5.41 Å². The normalized spacial score (nSPS) is 15.1. The first-order valence-electron chi connectivity index (χ1n) is 11.2. The van der Waals surface area contributed by atoms with Gasteiger partial charge in [0.25, 0.3) is 0 Å². The van der Waals surface area contributed by atoms with Gasteiger partial charge in [0.15, 0.2) is 5.75 Å². The summed E-state index contributed by atoms with van der Waals surface area (Å²) in [6.45, 7) is 7.70. The predicted octanol–water partition coefficient (Wildman–Crippen LogP) is 4.26. The van der Waals surface area contributed by atoms with Crippen LogP contribution < -0.4 is 20.6 Å². The number of fused-ring (bicyclic) bond motifs is 3. The molecule has 1 unspecified atom stereocenters. The van der Waals surface area contributed by atoms with Crippen LogP contribution >= 0.6 is 0 Å². The van der Waals surface area contributed by atoms with Crippen molar-refractivity contribution in [1.29, 1.82) is 0 Å². The first-order valence-corrected chi connectivity index (χ1v) is 11.2. The van der Waals surface area contributed by atoms with Crippen molar-refractivity contribution in [2.75, 3.05) is 20.3 Å². The third kappa shape index (κ3) is 4.83. The summed E-state index contributed by atoms with van der Waals surface area (Å²) in [5.41, 5.74) is 7.02. The molecule has 0 bridgehead atoms. The topological polar surface area (TPSA) is 104 Å². The number of carbonyl (C=O) groups is 1. The maximum atomic E-state index is 12.8. The quantitative estimate of drug-likeness (QED) is 0.562. The fourth-order valence-electron chi connectivity index (χ4n) is 4.34. The van der Waals surface area contributed by atoms with Crippen LogP contribution in [0.15, 0.2) is 29.2 Å². The minimum atomic E-state index is -1.25. The number of nitrogens with zero attached hydrogens (tertiary/aromatic N) is 1. The Morgan fingerprint density at radius 1 is 1.22 bits per heavy atom. The van der Waals surface area contributed by atoms with Crippen LogP contribution in [-0.4, -0.2) is 35.9 Å². The van der Waals surface area contributed by atoms with E-state index in [9.17, 15) is 14.7 Å². The molecule has 1 aliphatic rings. The van der Waals surface area contributed by atoms with E-state index in [0.29, 0.717) is 18.7 Å². The Morgan fingerprint density at radius 2 is 1.94 bits per heavy atom. The molecule has 174 valence electrons. The second kappa shape index (κ2) is 9.77. The van der Waals surface area contributed by atoms with Crippen LogP contribution in [0.5, 0.6) is 11.5 Å². The number of ether oxygens (including phenoxy) is 2. The summed E-state index contributed by atoms with van der Waals surface area (Å²) >= 11 is 0. The average Bonchev–Trinajstić information content (AvgIpc) is 2.74. The highest BCUT2D eigenvalue weighted by molar-refractivity contribution is 5.89. The molecule has 2 aromatic rings. The molecule has 7 heteroatoms. The molecular formula is C25H34N2O5. The van der Waals surface area contributed by atoms with Gasteiger partial charge >= 0.3 is 5.97 Å². The summed E-state index contributed by atoms with van der Waals surface area (Å²) < 4.78 is 13.3. The van der Waals surface area contributed by atoms with Crippen molar-refractivity contribution in [1.82, 2.24) is 4.57 Å². The van der Waals surface area contributed by atoms with Gasteiger partial charge in [-0.2, -0.15) is 0 Å². The molecule has 7 nitrogen and oxygen atoms in total. The lowest BCUT2D eigenvalue weighted by Gasteiger charge is -2.39. The smallest absolute Gasteiger partial charge is 0.341 e. The van der Waals surface area contributed by atoms with E-state index in [-0.39, 0.29) is 22.8 Å². The van der Waals surface area contributed by atoms with Crippen molar-refractivity contribution in [3.8, 4) is 22.8 Å². The molecule has 0 amide bonds. The van der Waals surface area contributed by atoms with Gasteiger partial charge in [-0.15, -0.1) is 0 Å². The summed E-state index contributed by atoms with van der Waals surface area (Å²) in [6.07, 6.45) is 6.38. The monoisotopic (exact) mass is 442 g/mol. The van der Waals surface area contributed by atoms with Gasteiger partial charge in [0.1, 0.15) is 11.3 Å². The summed E-state index contributed by atoms with van der Waals surface area (Å²) in [6, 6.07) is 5.82. The number of hydrogen-bond donors (Lipinski definition) is 2. The largest absolute Gasteiger partial charge is 0.494 e. The zero-order valence-corrected chi connectivity index (χ0v) is 19.4. The first-order chi connectivity index (χ1) is 15.2. The van der Waals surface area contributed by atoms with Crippen molar-refractivity contribution in [3.63, 3.8) is 0 Å². The lowest BCUT2D eigenvalue weighted by atomic mass is 9.78. The van der Waals surface area contributed by atoms with Gasteiger partial charge in [0, 0.05) is 17.8 Å². The highest BCUT2D eigenvalue weighted by Crippen LogP contribution is 2.45. The van der Waals surface area contributed by atoms with Crippen LogP contribution in [0.1, 0.15) is 68.4 Å². The van der Waals surface area contributed by atoms with Crippen molar-refractivity contribution < 1.29 is 19.4 Å². The molecule has 3 N–H and O–H groups in total. The predicted molar refractivity (Wildman–Crippen MR) is 125 cm³/mol. The van der Waals surface area contributed by atoms with E-state index in [4.69, 9.17) is 15.2 Å². The number of methoxy groups -OCH3 is 1. The van der Waals surface area contributed by atoms with Gasteiger partial charge < -0.3 is 24.9 Å². The van der Waals surface area contributed by atoms with E-state index in [1.807, 2.05) is 22.8 Å². The Bertz CT molecular complexity index is 1040. The van der Waals surface area contributed by atoms with Crippen molar-refractivity contribution in [2.24, 2.45) is 11.1 Å². The number of nitrogens with two attached hydrogens (primary N) is 1. The molecule has 32 heavy (non-hydrogen) atoms. The maximum absolute atomic E-state index is 12.8. The molecule has 0 saturated carbocycles. The number of benzene rings is 1. The molecule has 0 fully saturated rings. The minimum Gasteiger partial charge on any atom is -0.494 e. The van der Waals surface area contributed by atoms with Gasteiger partial charge in [0.2, 0.25) is 5.43 Å². The molecule has 0 saturated heterocycles. The van der Waals surface area contributed by atoms with Crippen LogP contribution in [0.3, 0.4) is 0 Å². The number of carboxylic acid groups (broad SMARTS) is 1. The minimum absolute atomic E-state index is 0.0517. The fourth-order valence-corrected chi connectivity index (χ4v) is 4.34. The average molecular weight is 443 g/mol. The molecule has 0 aliphatic carbocycles. The van der Waals surface area contributed by atoms with Gasteiger partial charge in [-0.25, -0.2) is 4.79 Å². The van der Waals surface area contributed by atoms with E-state index in [1.165, 1.54) is 13.3 Å². The molecule has 1 aromatic heterocycles. The Kier molecular flexibility index (Phi) is 7.29. The van der Waals surface area contributed by atoms with E-state index in [0.717, 1.165) is 49.1 Å². The van der Waals surface area contributed by atoms with Crippen LogP contribution in [0.2, 0.25) is 0 Å². The number of aromatic carboxylic acids is 1. The summed E-state index contributed by atoms with van der Waals surface area (Å²) in [4.78, 5) is 24.6. The molecule has 1 aliphatic heterocycles. The second-order valence-electron chi connectivity index (χ2n) is 9.42. The Balaban J connectivity index is 2.01. The summed E-state index contributed by atoms with van der Waals surface area (Å²) in [5.74, 6) is -0.391. The molecule has 3 rings (SSSR count). The van der Waals surface area contributed by atoms with E-state index >= 15 is 0 Å². The van der Waals surface area contributed by atoms with Crippen molar-refractivity contribution in [3.05, 3.63) is 45.7 Å². The Hall–Kier alpha value is -2.80. The van der Waals surface area contributed by atoms with Crippen LogP contribution in [-0.2, 0) is 6.42 Å². The van der Waals surface area contributed by atoms with Crippen molar-refractivity contribution >= 4 is 5.97 Å². The molecule has 0 radical (unpaired) electrons. The molecule has 1 aromatic carbocycles. The number of carboxylic acids is 1. The molecule has 1 atom stereocenters. The molecular weight excluding hydrogens is 408 g/mol. The first kappa shape index (κ1) is 23.9. The zero-order chi connectivity index (χ0) is 23.5. The maximum Gasteiger partial charge on any atom is 0.341 e. The standard InChI is InChI=1S/C25H34N2O5/c1-25(2,3)20-14-16-13-17(32-12-8-6-5-7-11-26)9-10-18(16)21-23(31-4)22(28)19(24(29)30)15-27(20)21/h9-10,13,15,20H,5-8,11-12,14,26H2,1-4H3,(H,29,30). The highest BCUT2D eigenvalue weighted by atomic mass is 16.5. The third-order valence-corrected chi connectivity index (χ3v) is 6.07. The van der Waals surface area contributed by atoms with Gasteiger partial charge in [-0.3, -0.25) is 4.79 Å². The Morgan fingerprint density at radius 3 is 2.56 bits per heavy atom. The van der Waals surface area contributed by atoms with Crippen LogP contribution in [0.4, 0.5) is 0 Å². The van der Waals surface area contributed by atoms with Crippen molar-refractivity contribution in [2.45, 2.75) is 58.9 Å². The number of unbranched alkanes of at least 4 members (excludes halogenated alkanes) is 3. The number of pyridine rings is 1. The van der Waals surface area contributed by atoms with Gasteiger partial charge in [-0.05, 0) is 55.0 Å². The van der Waals surface area contributed by atoms with E-state index in [2.05, 4.69) is 20.8 Å². The Labute approximate surface area is 189 Å².